The van der Waals surface area contributed by atoms with Crippen LogP contribution >= 0.6 is 11.6 Å². The smallest absolute Gasteiger partial charge is 0.290 e. The zero-order valence-corrected chi connectivity index (χ0v) is 24.4. The van der Waals surface area contributed by atoms with Gasteiger partial charge in [0.15, 0.2) is 6.23 Å². The molecule has 1 aromatic carbocycles. The lowest BCUT2D eigenvalue weighted by molar-refractivity contribution is -0.0424. The van der Waals surface area contributed by atoms with Crippen molar-refractivity contribution in [3.63, 3.8) is 0 Å². The summed E-state index contributed by atoms with van der Waals surface area (Å²) in [4.78, 5) is 15.0. The van der Waals surface area contributed by atoms with Gasteiger partial charge in [0.2, 0.25) is 0 Å². The molecule has 2 aliphatic heterocycles. The summed E-state index contributed by atoms with van der Waals surface area (Å²) in [5.74, 6) is -0.399. The number of aromatic nitrogens is 5. The maximum absolute atomic E-state index is 14.1. The lowest BCUT2D eigenvalue weighted by Gasteiger charge is -2.29. The van der Waals surface area contributed by atoms with E-state index in [2.05, 4.69) is 19.8 Å². The van der Waals surface area contributed by atoms with Gasteiger partial charge in [-0.1, -0.05) is 34.2 Å². The van der Waals surface area contributed by atoms with Crippen molar-refractivity contribution in [3.8, 4) is 0 Å². The van der Waals surface area contributed by atoms with Crippen molar-refractivity contribution in [1.82, 2.24) is 24.8 Å². The van der Waals surface area contributed by atoms with Crippen LogP contribution in [0.3, 0.4) is 0 Å². The van der Waals surface area contributed by atoms with E-state index in [0.717, 1.165) is 36.2 Å². The lowest BCUT2D eigenvalue weighted by atomic mass is 10.1. The molecule has 1 fully saturated rings. The Balaban J connectivity index is 1.34. The Labute approximate surface area is 240 Å². The summed E-state index contributed by atoms with van der Waals surface area (Å²) in [7, 11) is 0. The van der Waals surface area contributed by atoms with Crippen LogP contribution in [0.25, 0.3) is 0 Å². The first kappa shape index (κ1) is 28.7. The molecule has 0 N–H and O–H groups in total. The molecular weight excluding hydrogens is 557 g/mol. The van der Waals surface area contributed by atoms with Crippen molar-refractivity contribution in [3.05, 3.63) is 68.1 Å². The fraction of sp³-hybridized carbons (Fsp3) is 0.519. The van der Waals surface area contributed by atoms with E-state index >= 15 is 0 Å². The molecule has 1 saturated heterocycles. The van der Waals surface area contributed by atoms with Crippen LogP contribution in [0.1, 0.15) is 75.2 Å². The minimum absolute atomic E-state index is 0.110. The van der Waals surface area contributed by atoms with Gasteiger partial charge in [0.25, 0.3) is 5.56 Å². The van der Waals surface area contributed by atoms with Gasteiger partial charge < -0.3 is 14.2 Å². The summed E-state index contributed by atoms with van der Waals surface area (Å²) < 4.78 is 39.3. The van der Waals surface area contributed by atoms with E-state index < -0.39 is 21.9 Å². The third-order valence-corrected chi connectivity index (χ3v) is 9.50. The fourth-order valence-corrected chi connectivity index (χ4v) is 5.74. The Morgan fingerprint density at radius 1 is 1.35 bits per heavy atom. The maximum Gasteiger partial charge on any atom is 0.290 e. The molecule has 3 aromatic rings. The molecule has 2 atom stereocenters. The van der Waals surface area contributed by atoms with Crippen molar-refractivity contribution in [2.75, 3.05) is 18.1 Å². The standard InChI is InChI=1S/C27H33ClFN7O3S/c1-4-27(2,3)40(38)31-14-19-13-20(29)9-8-18(19)16-35-22-10-11-34(17-21(22)32-33-35)23-15-30-36(26(37)25(23)28)24-7-5-6-12-39-24/h8-9,13-15,24H,4-7,10-12,16-17H2,1-3H3. The highest BCUT2D eigenvalue weighted by atomic mass is 35.5. The fourth-order valence-electron chi connectivity index (χ4n) is 4.74. The van der Waals surface area contributed by atoms with Crippen LogP contribution in [-0.2, 0) is 35.6 Å². The molecule has 0 radical (unpaired) electrons. The molecule has 2 aromatic heterocycles. The second-order valence-electron chi connectivity index (χ2n) is 10.7. The predicted octanol–water partition coefficient (Wildman–Crippen LogP) is 4.21. The summed E-state index contributed by atoms with van der Waals surface area (Å²) in [6, 6.07) is 4.46. The minimum atomic E-state index is -1.46. The highest BCUT2D eigenvalue weighted by Crippen LogP contribution is 2.29. The molecule has 5 rings (SSSR count). The van der Waals surface area contributed by atoms with Gasteiger partial charge in [0.1, 0.15) is 32.6 Å². The highest BCUT2D eigenvalue weighted by Gasteiger charge is 2.30. The second kappa shape index (κ2) is 12.0. The number of anilines is 1. The molecule has 214 valence electrons. The zero-order chi connectivity index (χ0) is 28.4. The van der Waals surface area contributed by atoms with Gasteiger partial charge in [-0.25, -0.2) is 9.07 Å². The van der Waals surface area contributed by atoms with Crippen LogP contribution < -0.4 is 10.5 Å². The van der Waals surface area contributed by atoms with Crippen molar-refractivity contribution >= 4 is 34.9 Å². The topological polar surface area (TPSA) is 113 Å². The largest absolute Gasteiger partial charge is 0.591 e. The van der Waals surface area contributed by atoms with Crippen LogP contribution in [0.2, 0.25) is 5.02 Å². The quantitative estimate of drug-likeness (QED) is 0.286. The molecule has 10 nitrogen and oxygen atoms in total. The van der Waals surface area contributed by atoms with E-state index in [1.165, 1.54) is 23.0 Å². The Bertz CT molecular complexity index is 1450. The van der Waals surface area contributed by atoms with E-state index in [1.54, 1.807) is 16.9 Å². The highest BCUT2D eigenvalue weighted by molar-refractivity contribution is 7.91. The third-order valence-electron chi connectivity index (χ3n) is 7.61. The number of nitrogens with zero attached hydrogens (tertiary/aromatic N) is 7. The first-order chi connectivity index (χ1) is 19.2. The van der Waals surface area contributed by atoms with E-state index in [9.17, 15) is 13.7 Å². The second-order valence-corrected chi connectivity index (χ2v) is 12.9. The normalized spacial score (nSPS) is 18.8. The van der Waals surface area contributed by atoms with Crippen molar-refractivity contribution in [1.29, 1.82) is 0 Å². The summed E-state index contributed by atoms with van der Waals surface area (Å²) in [5, 5.41) is 13.2. The van der Waals surface area contributed by atoms with E-state index in [0.29, 0.717) is 50.3 Å². The Hall–Kier alpha value is -2.80. The molecule has 40 heavy (non-hydrogen) atoms. The van der Waals surface area contributed by atoms with Crippen LogP contribution in [-0.4, -0.2) is 53.4 Å². The van der Waals surface area contributed by atoms with Gasteiger partial charge in [-0.05, 0) is 57.2 Å². The number of rotatable bonds is 8. The summed E-state index contributed by atoms with van der Waals surface area (Å²) >= 11 is 5.08. The molecule has 13 heteroatoms. The lowest BCUT2D eigenvalue weighted by Crippen LogP contribution is -2.36. The molecule has 0 bridgehead atoms. The average molecular weight is 590 g/mol. The van der Waals surface area contributed by atoms with E-state index in [-0.39, 0.29) is 16.8 Å². The molecule has 2 aliphatic rings. The number of hydrogen-bond acceptors (Lipinski definition) is 8. The maximum atomic E-state index is 14.1. The zero-order valence-electron chi connectivity index (χ0n) is 22.8. The van der Waals surface area contributed by atoms with Gasteiger partial charge in [-0.15, -0.1) is 5.10 Å². The van der Waals surface area contributed by atoms with E-state index in [4.69, 9.17) is 16.3 Å². The first-order valence-corrected chi connectivity index (χ1v) is 15.0. The van der Waals surface area contributed by atoms with Crippen molar-refractivity contribution in [2.24, 2.45) is 4.40 Å². The number of ether oxygens (including phenoxy) is 1. The van der Waals surface area contributed by atoms with Crippen LogP contribution in [0.5, 0.6) is 0 Å². The van der Waals surface area contributed by atoms with Gasteiger partial charge in [0.05, 0.1) is 36.9 Å². The van der Waals surface area contributed by atoms with Gasteiger partial charge in [-0.2, -0.15) is 9.78 Å². The Morgan fingerprint density at radius 2 is 2.17 bits per heavy atom. The number of fused-ring (bicyclic) bond motifs is 1. The molecular formula is C27H33ClFN7O3S. The molecule has 0 saturated carbocycles. The van der Waals surface area contributed by atoms with Gasteiger partial charge >= 0.3 is 0 Å². The molecule has 2 unspecified atom stereocenters. The number of benzene rings is 1. The van der Waals surface area contributed by atoms with Crippen LogP contribution in [0, 0.1) is 5.82 Å². The van der Waals surface area contributed by atoms with Gasteiger partial charge in [0, 0.05) is 25.1 Å². The van der Waals surface area contributed by atoms with Gasteiger partial charge in [-0.3, -0.25) is 4.79 Å². The van der Waals surface area contributed by atoms with Crippen molar-refractivity contribution < 1.29 is 13.7 Å². The van der Waals surface area contributed by atoms with Crippen LogP contribution in [0.15, 0.2) is 33.6 Å². The number of halogens is 2. The minimum Gasteiger partial charge on any atom is -0.591 e. The first-order valence-electron chi connectivity index (χ1n) is 13.5. The number of hydrogen-bond donors (Lipinski definition) is 0. The summed E-state index contributed by atoms with van der Waals surface area (Å²) in [6.45, 7) is 7.70. The molecule has 4 heterocycles. The summed E-state index contributed by atoms with van der Waals surface area (Å²) in [5.41, 5.74) is 3.24. The third kappa shape index (κ3) is 5.95. The predicted molar refractivity (Wildman–Crippen MR) is 153 cm³/mol. The Morgan fingerprint density at radius 3 is 2.92 bits per heavy atom. The molecule has 0 spiro atoms. The average Bonchev–Trinajstić information content (AvgIpc) is 3.36. The summed E-state index contributed by atoms with van der Waals surface area (Å²) in [6.07, 6.45) is 6.71. The Kier molecular flexibility index (Phi) is 8.60. The van der Waals surface area contributed by atoms with Crippen LogP contribution in [0.4, 0.5) is 10.1 Å². The SMILES string of the molecule is CCC(C)(C)[S+]([O-])N=Cc1cc(F)ccc1Cn1nnc2c1CCN(c1cnn(C3CCCCO3)c(=O)c1Cl)C2. The molecule has 0 amide bonds. The van der Waals surface area contributed by atoms with Crippen molar-refractivity contribution in [2.45, 2.75) is 76.9 Å². The molecule has 0 aliphatic carbocycles. The monoisotopic (exact) mass is 589 g/mol. The van der Waals surface area contributed by atoms with E-state index in [1.807, 2.05) is 25.7 Å².